The van der Waals surface area contributed by atoms with Crippen LogP contribution in [0.1, 0.15) is 41.7 Å². The van der Waals surface area contributed by atoms with Gasteiger partial charge in [0.2, 0.25) is 5.95 Å². The zero-order chi connectivity index (χ0) is 16.4. The van der Waals surface area contributed by atoms with E-state index in [2.05, 4.69) is 33.1 Å². The second-order valence-corrected chi connectivity index (χ2v) is 6.48. The summed E-state index contributed by atoms with van der Waals surface area (Å²) in [5.41, 5.74) is 2.98. The number of aryl methyl sites for hydroxylation is 1. The summed E-state index contributed by atoms with van der Waals surface area (Å²) in [5.74, 6) is 0.661. The molecule has 4 rings (SSSR count). The number of fused-ring (bicyclic) bond motifs is 1. The number of carbonyl (C=O) groups is 1. The van der Waals surface area contributed by atoms with Crippen LogP contribution in [-0.4, -0.2) is 40.4 Å². The molecule has 0 N–H and O–H groups in total. The van der Waals surface area contributed by atoms with Crippen molar-refractivity contribution < 1.29 is 4.79 Å². The second kappa shape index (κ2) is 6.59. The largest absolute Gasteiger partial charge is 0.337 e. The Morgan fingerprint density at radius 1 is 0.958 bits per heavy atom. The molecule has 0 radical (unpaired) electrons. The van der Waals surface area contributed by atoms with Crippen LogP contribution < -0.4 is 4.90 Å². The third-order valence-corrected chi connectivity index (χ3v) is 4.86. The van der Waals surface area contributed by atoms with Gasteiger partial charge in [-0.25, -0.2) is 9.97 Å². The smallest absolute Gasteiger partial charge is 0.272 e. The van der Waals surface area contributed by atoms with Gasteiger partial charge in [0.1, 0.15) is 5.69 Å². The van der Waals surface area contributed by atoms with Crippen LogP contribution in [0.5, 0.6) is 0 Å². The maximum Gasteiger partial charge on any atom is 0.272 e. The van der Waals surface area contributed by atoms with Crippen molar-refractivity contribution in [3.05, 3.63) is 47.8 Å². The summed E-state index contributed by atoms with van der Waals surface area (Å²) in [6, 6.07) is 10.1. The molecule has 1 amide bonds. The van der Waals surface area contributed by atoms with Crippen molar-refractivity contribution >= 4 is 17.5 Å². The van der Waals surface area contributed by atoms with E-state index in [9.17, 15) is 4.79 Å². The number of nitrogens with zero attached hydrogens (tertiary/aromatic N) is 4. The van der Waals surface area contributed by atoms with E-state index in [1.807, 2.05) is 11.0 Å². The fraction of sp³-hybridized carbons (Fsp3) is 0.421. The highest BCUT2D eigenvalue weighted by molar-refractivity contribution is 5.92. The molecule has 5 heteroatoms. The highest BCUT2D eigenvalue weighted by Gasteiger charge is 2.23. The van der Waals surface area contributed by atoms with Gasteiger partial charge in [0.25, 0.3) is 5.91 Å². The molecule has 0 saturated carbocycles. The maximum atomic E-state index is 12.7. The van der Waals surface area contributed by atoms with Crippen LogP contribution in [0.3, 0.4) is 0 Å². The molecule has 0 aliphatic carbocycles. The van der Waals surface area contributed by atoms with Crippen molar-refractivity contribution in [2.45, 2.75) is 32.1 Å². The number of piperidine rings is 1. The molecule has 0 bridgehead atoms. The van der Waals surface area contributed by atoms with E-state index in [1.165, 1.54) is 12.0 Å². The van der Waals surface area contributed by atoms with Gasteiger partial charge in [-0.1, -0.05) is 18.2 Å². The predicted octanol–water partition coefficient (Wildman–Crippen LogP) is 3.19. The van der Waals surface area contributed by atoms with Crippen molar-refractivity contribution in [2.24, 2.45) is 0 Å². The molecule has 0 unspecified atom stereocenters. The Morgan fingerprint density at radius 2 is 1.79 bits per heavy atom. The number of likely N-dealkylation sites (tertiary alicyclic amines) is 1. The van der Waals surface area contributed by atoms with Crippen molar-refractivity contribution in [1.29, 1.82) is 0 Å². The van der Waals surface area contributed by atoms with Gasteiger partial charge >= 0.3 is 0 Å². The molecule has 5 nitrogen and oxygen atoms in total. The van der Waals surface area contributed by atoms with Crippen LogP contribution >= 0.6 is 0 Å². The molecule has 1 aromatic carbocycles. The van der Waals surface area contributed by atoms with Crippen molar-refractivity contribution in [1.82, 2.24) is 14.9 Å². The van der Waals surface area contributed by atoms with Gasteiger partial charge in [-0.2, -0.15) is 0 Å². The lowest BCUT2D eigenvalue weighted by Gasteiger charge is -2.30. The Balaban J connectivity index is 1.62. The molecule has 2 aromatic rings. The van der Waals surface area contributed by atoms with Crippen LogP contribution in [0.2, 0.25) is 0 Å². The minimum absolute atomic E-state index is 0.0312. The fourth-order valence-corrected chi connectivity index (χ4v) is 3.60. The van der Waals surface area contributed by atoms with E-state index in [4.69, 9.17) is 0 Å². The normalized spacial score (nSPS) is 17.5. The van der Waals surface area contributed by atoms with E-state index >= 15 is 0 Å². The molecule has 124 valence electrons. The first-order chi connectivity index (χ1) is 11.8. The molecule has 2 aliphatic heterocycles. The van der Waals surface area contributed by atoms with Crippen LogP contribution in [-0.2, 0) is 6.42 Å². The zero-order valence-electron chi connectivity index (χ0n) is 13.8. The molecule has 1 fully saturated rings. The third-order valence-electron chi connectivity index (χ3n) is 4.86. The molecular weight excluding hydrogens is 300 g/mol. The molecule has 3 heterocycles. The predicted molar refractivity (Wildman–Crippen MR) is 93.6 cm³/mol. The third kappa shape index (κ3) is 2.86. The minimum Gasteiger partial charge on any atom is -0.337 e. The van der Waals surface area contributed by atoms with Gasteiger partial charge in [-0.3, -0.25) is 4.79 Å². The molecule has 1 aromatic heterocycles. The molecule has 2 aliphatic rings. The van der Waals surface area contributed by atoms with E-state index < -0.39 is 0 Å². The Kier molecular flexibility index (Phi) is 4.15. The topological polar surface area (TPSA) is 49.3 Å². The average molecular weight is 322 g/mol. The van der Waals surface area contributed by atoms with Gasteiger partial charge < -0.3 is 9.80 Å². The van der Waals surface area contributed by atoms with Gasteiger partial charge in [0.05, 0.1) is 0 Å². The second-order valence-electron chi connectivity index (χ2n) is 6.48. The Morgan fingerprint density at radius 3 is 2.67 bits per heavy atom. The lowest BCUT2D eigenvalue weighted by Crippen LogP contribution is -2.36. The van der Waals surface area contributed by atoms with Crippen LogP contribution in [0.25, 0.3) is 0 Å². The van der Waals surface area contributed by atoms with E-state index in [0.29, 0.717) is 11.6 Å². The first kappa shape index (κ1) is 15.1. The van der Waals surface area contributed by atoms with E-state index in [1.54, 1.807) is 12.3 Å². The summed E-state index contributed by atoms with van der Waals surface area (Å²) >= 11 is 0. The quantitative estimate of drug-likeness (QED) is 0.852. The summed E-state index contributed by atoms with van der Waals surface area (Å²) in [6.07, 6.45) is 7.25. The monoisotopic (exact) mass is 322 g/mol. The number of para-hydroxylation sites is 1. The summed E-state index contributed by atoms with van der Waals surface area (Å²) in [5, 5.41) is 0. The van der Waals surface area contributed by atoms with E-state index in [-0.39, 0.29) is 5.91 Å². The Labute approximate surface area is 142 Å². The lowest BCUT2D eigenvalue weighted by atomic mass is 10.0. The Hall–Kier alpha value is -2.43. The van der Waals surface area contributed by atoms with Gasteiger partial charge in [-0.05, 0) is 49.8 Å². The standard InChI is InChI=1S/C19H22N4O/c24-18(22-12-4-1-5-13-22)16-10-11-20-19(21-16)23-14-6-8-15-7-2-3-9-17(15)23/h2-3,7,9-11H,1,4-6,8,12-14H2. The summed E-state index contributed by atoms with van der Waals surface area (Å²) < 4.78 is 0. The van der Waals surface area contributed by atoms with Gasteiger partial charge in [0, 0.05) is 31.5 Å². The number of benzene rings is 1. The maximum absolute atomic E-state index is 12.7. The number of carbonyl (C=O) groups excluding carboxylic acids is 1. The molecule has 1 saturated heterocycles. The number of amides is 1. The number of rotatable bonds is 2. The number of hydrogen-bond donors (Lipinski definition) is 0. The summed E-state index contributed by atoms with van der Waals surface area (Å²) in [4.78, 5) is 25.8. The minimum atomic E-state index is 0.0312. The average Bonchev–Trinajstić information content (AvgIpc) is 2.68. The van der Waals surface area contributed by atoms with Crippen molar-refractivity contribution in [3.63, 3.8) is 0 Å². The van der Waals surface area contributed by atoms with Crippen molar-refractivity contribution in [2.75, 3.05) is 24.5 Å². The Bertz CT molecular complexity index is 740. The fourth-order valence-electron chi connectivity index (χ4n) is 3.60. The SMILES string of the molecule is O=C(c1ccnc(N2CCCc3ccccc32)n1)N1CCCCC1. The summed E-state index contributed by atoms with van der Waals surface area (Å²) in [7, 11) is 0. The summed E-state index contributed by atoms with van der Waals surface area (Å²) in [6.45, 7) is 2.56. The molecule has 24 heavy (non-hydrogen) atoms. The van der Waals surface area contributed by atoms with Crippen LogP contribution in [0.4, 0.5) is 11.6 Å². The first-order valence-corrected chi connectivity index (χ1v) is 8.81. The lowest BCUT2D eigenvalue weighted by molar-refractivity contribution is 0.0718. The van der Waals surface area contributed by atoms with Crippen LogP contribution in [0.15, 0.2) is 36.5 Å². The van der Waals surface area contributed by atoms with E-state index in [0.717, 1.165) is 51.0 Å². The molecule has 0 spiro atoms. The number of anilines is 2. The van der Waals surface area contributed by atoms with Crippen molar-refractivity contribution in [3.8, 4) is 0 Å². The molecular formula is C19H22N4O. The first-order valence-electron chi connectivity index (χ1n) is 8.81. The number of aromatic nitrogens is 2. The van der Waals surface area contributed by atoms with Crippen LogP contribution in [0, 0.1) is 0 Å². The zero-order valence-corrected chi connectivity index (χ0v) is 13.8. The highest BCUT2D eigenvalue weighted by Crippen LogP contribution is 2.31. The number of hydrogen-bond acceptors (Lipinski definition) is 4. The van der Waals surface area contributed by atoms with Gasteiger partial charge in [-0.15, -0.1) is 0 Å². The van der Waals surface area contributed by atoms with Gasteiger partial charge in [0.15, 0.2) is 0 Å². The molecule has 0 atom stereocenters. The highest BCUT2D eigenvalue weighted by atomic mass is 16.2.